The van der Waals surface area contributed by atoms with Crippen molar-refractivity contribution in [3.63, 3.8) is 0 Å². The molecular weight excluding hydrogens is 174 g/mol. The smallest absolute Gasteiger partial charge is 0.119 e. The molecule has 0 aliphatic rings. The van der Waals surface area contributed by atoms with Crippen molar-refractivity contribution in [3.8, 4) is 0 Å². The molecule has 1 aromatic carbocycles. The summed E-state index contributed by atoms with van der Waals surface area (Å²) in [5, 5.41) is 0. The lowest BCUT2D eigenvalue weighted by Crippen LogP contribution is -1.95. The molecule has 0 bridgehead atoms. The summed E-state index contributed by atoms with van der Waals surface area (Å²) in [6.45, 7) is 2.05. The van der Waals surface area contributed by atoms with Gasteiger partial charge in [-0.25, -0.2) is 0 Å². The number of hydrogen-bond donors (Lipinski definition) is 1. The van der Waals surface area contributed by atoms with Crippen LogP contribution in [0.3, 0.4) is 0 Å². The zero-order valence-electron chi connectivity index (χ0n) is 8.62. The highest BCUT2D eigenvalue weighted by Crippen LogP contribution is 2.17. The highest BCUT2D eigenvalue weighted by molar-refractivity contribution is 5.50. The van der Waals surface area contributed by atoms with E-state index in [0.717, 1.165) is 31.2 Å². The molecule has 0 heterocycles. The van der Waals surface area contributed by atoms with E-state index < -0.39 is 0 Å². The normalized spacial score (nSPS) is 10.1. The van der Waals surface area contributed by atoms with Gasteiger partial charge >= 0.3 is 0 Å². The van der Waals surface area contributed by atoms with Crippen LogP contribution in [0.1, 0.15) is 30.4 Å². The van der Waals surface area contributed by atoms with Gasteiger partial charge < -0.3 is 10.5 Å². The van der Waals surface area contributed by atoms with Crippen LogP contribution < -0.4 is 5.73 Å². The molecule has 0 amide bonds. The summed E-state index contributed by atoms with van der Waals surface area (Å²) < 4.78 is 0. The van der Waals surface area contributed by atoms with Gasteiger partial charge in [0.05, 0.1) is 0 Å². The molecular formula is C12H17NO. The molecule has 0 aliphatic heterocycles. The number of nitrogens with two attached hydrogens (primary N) is 1. The van der Waals surface area contributed by atoms with E-state index >= 15 is 0 Å². The van der Waals surface area contributed by atoms with Crippen LogP contribution >= 0.6 is 0 Å². The monoisotopic (exact) mass is 191 g/mol. The Labute approximate surface area is 85.1 Å². The van der Waals surface area contributed by atoms with Crippen LogP contribution in [0.4, 0.5) is 5.69 Å². The summed E-state index contributed by atoms with van der Waals surface area (Å²) in [7, 11) is 0. The highest BCUT2D eigenvalue weighted by atomic mass is 16.1. The fraction of sp³-hybridized carbons (Fsp3) is 0.417. The van der Waals surface area contributed by atoms with Crippen LogP contribution in [0.25, 0.3) is 0 Å². The lowest BCUT2D eigenvalue weighted by molar-refractivity contribution is -0.107. The molecule has 0 spiro atoms. The summed E-state index contributed by atoms with van der Waals surface area (Å²) in [4.78, 5) is 10.1. The van der Waals surface area contributed by atoms with E-state index in [1.165, 1.54) is 11.1 Å². The lowest BCUT2D eigenvalue weighted by Gasteiger charge is -2.07. The fourth-order valence-electron chi connectivity index (χ4n) is 1.52. The number of nitrogen functional groups attached to an aromatic ring is 1. The fourth-order valence-corrected chi connectivity index (χ4v) is 1.52. The van der Waals surface area contributed by atoms with E-state index in [-0.39, 0.29) is 0 Å². The van der Waals surface area contributed by atoms with Gasteiger partial charge in [0.1, 0.15) is 6.29 Å². The molecule has 0 atom stereocenters. The predicted octanol–water partition coefficient (Wildman–Crippen LogP) is 2.49. The van der Waals surface area contributed by atoms with Gasteiger partial charge in [0.15, 0.2) is 0 Å². The van der Waals surface area contributed by atoms with Gasteiger partial charge in [-0.1, -0.05) is 12.1 Å². The molecule has 0 aromatic heterocycles. The Morgan fingerprint density at radius 2 is 2.14 bits per heavy atom. The quantitative estimate of drug-likeness (QED) is 0.441. The molecule has 2 nitrogen and oxygen atoms in total. The van der Waals surface area contributed by atoms with E-state index in [1.807, 2.05) is 19.1 Å². The molecule has 0 saturated heterocycles. The third-order valence-corrected chi connectivity index (χ3v) is 2.51. The van der Waals surface area contributed by atoms with E-state index in [2.05, 4.69) is 6.07 Å². The number of carbonyl (C=O) groups is 1. The molecule has 2 heteroatoms. The van der Waals surface area contributed by atoms with Gasteiger partial charge in [-0.3, -0.25) is 0 Å². The summed E-state index contributed by atoms with van der Waals surface area (Å²) in [6.07, 6.45) is 4.69. The van der Waals surface area contributed by atoms with Crippen molar-refractivity contribution in [1.82, 2.24) is 0 Å². The molecule has 0 aliphatic carbocycles. The van der Waals surface area contributed by atoms with E-state index in [9.17, 15) is 4.79 Å². The molecule has 0 fully saturated rings. The largest absolute Gasteiger partial charge is 0.399 e. The zero-order valence-corrected chi connectivity index (χ0v) is 8.62. The molecule has 1 aromatic rings. The van der Waals surface area contributed by atoms with E-state index in [0.29, 0.717) is 6.42 Å². The number of benzene rings is 1. The first-order valence-corrected chi connectivity index (χ1v) is 5.03. The van der Waals surface area contributed by atoms with E-state index in [4.69, 9.17) is 5.73 Å². The van der Waals surface area contributed by atoms with Gasteiger partial charge in [-0.05, 0) is 43.4 Å². The minimum Gasteiger partial charge on any atom is -0.399 e. The Bertz CT molecular complexity index is 307. The average molecular weight is 191 g/mol. The first-order valence-electron chi connectivity index (χ1n) is 5.03. The van der Waals surface area contributed by atoms with Crippen molar-refractivity contribution >= 4 is 12.0 Å². The van der Waals surface area contributed by atoms with Crippen LogP contribution in [0.2, 0.25) is 0 Å². The van der Waals surface area contributed by atoms with Crippen molar-refractivity contribution in [3.05, 3.63) is 29.3 Å². The highest BCUT2D eigenvalue weighted by Gasteiger charge is 2.00. The summed E-state index contributed by atoms with van der Waals surface area (Å²) in [5.74, 6) is 0. The Hall–Kier alpha value is -1.31. The minimum atomic E-state index is 0.668. The number of carbonyl (C=O) groups excluding carboxylic acids is 1. The Balaban J connectivity index is 2.50. The third-order valence-electron chi connectivity index (χ3n) is 2.51. The molecule has 1 rings (SSSR count). The van der Waals surface area contributed by atoms with Crippen molar-refractivity contribution in [2.75, 3.05) is 5.73 Å². The standard InChI is InChI=1S/C12H17NO/c1-10-11(6-3-2-4-9-14)7-5-8-12(10)13/h5,7-9H,2-4,6,13H2,1H3. The molecule has 76 valence electrons. The lowest BCUT2D eigenvalue weighted by atomic mass is 10.0. The van der Waals surface area contributed by atoms with Crippen LogP contribution in [-0.4, -0.2) is 6.29 Å². The molecule has 2 N–H and O–H groups in total. The topological polar surface area (TPSA) is 43.1 Å². The first kappa shape index (κ1) is 10.8. The first-order chi connectivity index (χ1) is 6.75. The predicted molar refractivity (Wildman–Crippen MR) is 59.2 cm³/mol. The summed E-state index contributed by atoms with van der Waals surface area (Å²) >= 11 is 0. The third kappa shape index (κ3) is 2.87. The van der Waals surface area contributed by atoms with Gasteiger partial charge in [-0.2, -0.15) is 0 Å². The van der Waals surface area contributed by atoms with Gasteiger partial charge in [-0.15, -0.1) is 0 Å². The van der Waals surface area contributed by atoms with Crippen LogP contribution in [0, 0.1) is 6.92 Å². The Morgan fingerprint density at radius 3 is 2.86 bits per heavy atom. The Morgan fingerprint density at radius 1 is 1.36 bits per heavy atom. The van der Waals surface area contributed by atoms with Crippen LogP contribution in [0.15, 0.2) is 18.2 Å². The second-order valence-electron chi connectivity index (χ2n) is 3.54. The van der Waals surface area contributed by atoms with Crippen LogP contribution in [-0.2, 0) is 11.2 Å². The second kappa shape index (κ2) is 5.43. The molecule has 14 heavy (non-hydrogen) atoms. The SMILES string of the molecule is Cc1c(N)cccc1CCCCC=O. The number of unbranched alkanes of at least 4 members (excludes halogenated alkanes) is 2. The van der Waals surface area contributed by atoms with Crippen molar-refractivity contribution in [2.45, 2.75) is 32.6 Å². The second-order valence-corrected chi connectivity index (χ2v) is 3.54. The maximum atomic E-state index is 10.1. The van der Waals surface area contributed by atoms with Gasteiger partial charge in [0.25, 0.3) is 0 Å². The zero-order chi connectivity index (χ0) is 10.4. The molecule has 0 saturated carbocycles. The maximum absolute atomic E-state index is 10.1. The maximum Gasteiger partial charge on any atom is 0.119 e. The summed E-state index contributed by atoms with van der Waals surface area (Å²) in [5.41, 5.74) is 9.14. The number of aldehydes is 1. The van der Waals surface area contributed by atoms with Gasteiger partial charge in [0, 0.05) is 12.1 Å². The van der Waals surface area contributed by atoms with Crippen LogP contribution in [0.5, 0.6) is 0 Å². The Kier molecular flexibility index (Phi) is 4.17. The molecule has 0 unspecified atom stereocenters. The average Bonchev–Trinajstić information content (AvgIpc) is 2.19. The number of anilines is 1. The number of rotatable bonds is 5. The summed E-state index contributed by atoms with van der Waals surface area (Å²) in [6, 6.07) is 6.01. The minimum absolute atomic E-state index is 0.668. The van der Waals surface area contributed by atoms with Crippen molar-refractivity contribution in [1.29, 1.82) is 0 Å². The number of aryl methyl sites for hydroxylation is 1. The van der Waals surface area contributed by atoms with E-state index in [1.54, 1.807) is 0 Å². The van der Waals surface area contributed by atoms with Gasteiger partial charge in [0.2, 0.25) is 0 Å². The van der Waals surface area contributed by atoms with Crippen molar-refractivity contribution in [2.24, 2.45) is 0 Å². The number of hydrogen-bond acceptors (Lipinski definition) is 2. The molecule has 0 radical (unpaired) electrons. The van der Waals surface area contributed by atoms with Crippen molar-refractivity contribution < 1.29 is 4.79 Å².